The van der Waals surface area contributed by atoms with Gasteiger partial charge in [0.2, 0.25) is 0 Å². The molecule has 2 radical (unpaired) electrons. The first-order valence-corrected chi connectivity index (χ1v) is 13.4. The van der Waals surface area contributed by atoms with Crippen LogP contribution in [0.5, 0.6) is 0 Å². The highest BCUT2D eigenvalue weighted by Gasteiger charge is 2.53. The van der Waals surface area contributed by atoms with Gasteiger partial charge in [0, 0.05) is 51.3 Å². The lowest BCUT2D eigenvalue weighted by Crippen LogP contribution is -2.57. The Hall–Kier alpha value is -1.77. The SMILES string of the molecule is CC(=O)O[C@@H]1[C][C@@]2(O)[C@H](C)CC[C@@H]([C@H](C)CN3CCN(c4ccc(Cl)c(C(F)(F)F)c4)CC3)[C@H]2C=C1C. The topological polar surface area (TPSA) is 53.0 Å². The van der Waals surface area contributed by atoms with Crippen molar-refractivity contribution < 1.29 is 27.8 Å². The minimum atomic E-state index is -4.48. The Morgan fingerprint density at radius 2 is 1.95 bits per heavy atom. The van der Waals surface area contributed by atoms with Gasteiger partial charge in [0.05, 0.1) is 22.6 Å². The van der Waals surface area contributed by atoms with Crippen molar-refractivity contribution in [3.05, 3.63) is 46.9 Å². The third-order valence-electron chi connectivity index (χ3n) is 8.43. The Labute approximate surface area is 222 Å². The summed E-state index contributed by atoms with van der Waals surface area (Å²) in [5, 5.41) is 11.4. The number of aliphatic hydroxyl groups is 1. The van der Waals surface area contributed by atoms with Crippen LogP contribution in [0.1, 0.15) is 46.1 Å². The molecule has 1 aromatic rings. The van der Waals surface area contributed by atoms with E-state index in [1.807, 2.05) is 18.7 Å². The molecule has 6 atom stereocenters. The molecule has 3 aliphatic rings. The van der Waals surface area contributed by atoms with Gasteiger partial charge in [-0.1, -0.05) is 31.5 Å². The number of hydrogen-bond donors (Lipinski definition) is 1. The molecule has 9 heteroatoms. The van der Waals surface area contributed by atoms with Crippen molar-refractivity contribution in [2.45, 2.75) is 58.4 Å². The van der Waals surface area contributed by atoms with Gasteiger partial charge >= 0.3 is 12.1 Å². The Kier molecular flexibility index (Phi) is 8.22. The van der Waals surface area contributed by atoms with Gasteiger partial charge in [-0.15, -0.1) is 0 Å². The van der Waals surface area contributed by atoms with E-state index in [0.29, 0.717) is 24.7 Å². The summed E-state index contributed by atoms with van der Waals surface area (Å²) in [5.74, 6) is 0.0414. The molecule has 2 fully saturated rings. The van der Waals surface area contributed by atoms with E-state index in [2.05, 4.69) is 24.3 Å². The largest absolute Gasteiger partial charge is 0.457 e. The lowest BCUT2D eigenvalue weighted by Gasteiger charge is -2.53. The van der Waals surface area contributed by atoms with Crippen LogP contribution in [0.4, 0.5) is 18.9 Å². The summed E-state index contributed by atoms with van der Waals surface area (Å²) >= 11 is 5.79. The van der Waals surface area contributed by atoms with Gasteiger partial charge in [0.15, 0.2) is 0 Å². The number of piperazine rings is 1. The van der Waals surface area contributed by atoms with Crippen molar-refractivity contribution in [2.75, 3.05) is 37.6 Å². The van der Waals surface area contributed by atoms with Crippen molar-refractivity contribution >= 4 is 23.3 Å². The molecule has 37 heavy (non-hydrogen) atoms. The zero-order valence-electron chi connectivity index (χ0n) is 21.8. The van der Waals surface area contributed by atoms with Crippen LogP contribution in [0.25, 0.3) is 0 Å². The molecular weight excluding hydrogens is 505 g/mol. The third-order valence-corrected chi connectivity index (χ3v) is 8.76. The Balaban J connectivity index is 1.40. The van der Waals surface area contributed by atoms with Gasteiger partial charge in [0.25, 0.3) is 0 Å². The maximum atomic E-state index is 13.3. The molecule has 2 aliphatic carbocycles. The second-order valence-electron chi connectivity index (χ2n) is 11.0. The normalized spacial score (nSPS) is 31.9. The summed E-state index contributed by atoms with van der Waals surface area (Å²) in [7, 11) is 0. The Morgan fingerprint density at radius 1 is 1.27 bits per heavy atom. The van der Waals surface area contributed by atoms with E-state index < -0.39 is 29.4 Å². The average Bonchev–Trinajstić information content (AvgIpc) is 2.81. The summed E-state index contributed by atoms with van der Waals surface area (Å²) in [6.07, 6.45) is 2.05. The monoisotopic (exact) mass is 540 g/mol. The highest BCUT2D eigenvalue weighted by Crippen LogP contribution is 2.51. The number of fused-ring (bicyclic) bond motifs is 1. The van der Waals surface area contributed by atoms with E-state index in [1.165, 1.54) is 13.0 Å². The lowest BCUT2D eigenvalue weighted by molar-refractivity contribution is -0.148. The molecule has 1 heterocycles. The average molecular weight is 541 g/mol. The molecule has 1 aliphatic heterocycles. The lowest BCUT2D eigenvalue weighted by atomic mass is 9.57. The molecule has 0 spiro atoms. The predicted octanol–water partition coefficient (Wildman–Crippen LogP) is 5.48. The van der Waals surface area contributed by atoms with Crippen LogP contribution in [0.2, 0.25) is 5.02 Å². The van der Waals surface area contributed by atoms with Crippen LogP contribution in [0.15, 0.2) is 29.8 Å². The summed E-state index contributed by atoms with van der Waals surface area (Å²) < 4.78 is 45.3. The number of hydrogen-bond acceptors (Lipinski definition) is 5. The van der Waals surface area contributed by atoms with Crippen LogP contribution >= 0.6 is 11.6 Å². The van der Waals surface area contributed by atoms with Gasteiger partial charge in [-0.3, -0.25) is 9.69 Å². The number of rotatable bonds is 5. The predicted molar refractivity (Wildman–Crippen MR) is 137 cm³/mol. The number of carbonyl (C=O) groups excluding carboxylic acids is 1. The second kappa shape index (κ2) is 10.8. The first-order chi connectivity index (χ1) is 17.3. The van der Waals surface area contributed by atoms with Gasteiger partial charge < -0.3 is 14.7 Å². The van der Waals surface area contributed by atoms with E-state index in [4.69, 9.17) is 16.3 Å². The van der Waals surface area contributed by atoms with Crippen molar-refractivity contribution in [1.82, 2.24) is 4.90 Å². The van der Waals surface area contributed by atoms with E-state index in [-0.39, 0.29) is 22.8 Å². The quantitative estimate of drug-likeness (QED) is 0.396. The fourth-order valence-electron chi connectivity index (χ4n) is 6.27. The first-order valence-electron chi connectivity index (χ1n) is 13.0. The summed E-state index contributed by atoms with van der Waals surface area (Å²) in [5.41, 5.74) is -0.527. The zero-order chi connectivity index (χ0) is 27.1. The molecule has 4 rings (SSSR count). The van der Waals surface area contributed by atoms with Crippen molar-refractivity contribution in [1.29, 1.82) is 0 Å². The third kappa shape index (κ3) is 5.96. The minimum Gasteiger partial charge on any atom is -0.457 e. The second-order valence-corrected chi connectivity index (χ2v) is 11.4. The van der Waals surface area contributed by atoms with Gasteiger partial charge in [-0.25, -0.2) is 0 Å². The van der Waals surface area contributed by atoms with E-state index in [0.717, 1.165) is 44.1 Å². The fourth-order valence-corrected chi connectivity index (χ4v) is 6.49. The zero-order valence-corrected chi connectivity index (χ0v) is 22.6. The number of halogens is 4. The molecule has 5 nitrogen and oxygen atoms in total. The number of anilines is 1. The van der Waals surface area contributed by atoms with Gasteiger partial charge in [-0.05, 0) is 61.3 Å². The van der Waals surface area contributed by atoms with Gasteiger partial charge in [0.1, 0.15) is 6.10 Å². The standard InChI is InChI=1S/C28H36ClF3N2O3/c1-17-13-23-22(7-5-19(3)27(23,36)15-26(17)37-20(4)35)18(2)16-33-9-11-34(12-10-33)21-6-8-25(29)24(14-21)28(30,31)32/h6,8,13-14,18-19,22-23,26,36H,5,7,9-12,16H2,1-4H3/t18-,19-,22+,23-,26-,27-/m1/s1. The van der Waals surface area contributed by atoms with Crippen molar-refractivity contribution in [3.63, 3.8) is 0 Å². The van der Waals surface area contributed by atoms with Crippen molar-refractivity contribution in [2.24, 2.45) is 23.7 Å². The fraction of sp³-hybridized carbons (Fsp3) is 0.643. The van der Waals surface area contributed by atoms with E-state index in [1.54, 1.807) is 6.07 Å². The Morgan fingerprint density at radius 3 is 2.57 bits per heavy atom. The molecule has 1 saturated heterocycles. The highest BCUT2D eigenvalue weighted by atomic mass is 35.5. The molecule has 1 N–H and O–H groups in total. The molecule has 0 bridgehead atoms. The van der Waals surface area contributed by atoms with E-state index in [9.17, 15) is 23.1 Å². The van der Waals surface area contributed by atoms with Crippen LogP contribution in [-0.2, 0) is 15.7 Å². The first kappa shape index (κ1) is 28.2. The number of benzene rings is 1. The molecule has 1 saturated carbocycles. The maximum Gasteiger partial charge on any atom is 0.417 e. The number of carbonyl (C=O) groups is 1. The van der Waals surface area contributed by atoms with Crippen LogP contribution in [0.3, 0.4) is 0 Å². The van der Waals surface area contributed by atoms with Crippen LogP contribution < -0.4 is 4.90 Å². The van der Waals surface area contributed by atoms with Gasteiger partial charge in [-0.2, -0.15) is 13.2 Å². The summed E-state index contributed by atoms with van der Waals surface area (Å²) in [6, 6.07) is 4.10. The molecular formula is C28H36ClF3N2O3. The summed E-state index contributed by atoms with van der Waals surface area (Å²) in [6.45, 7) is 11.1. The molecule has 204 valence electrons. The molecule has 0 unspecified atom stereocenters. The van der Waals surface area contributed by atoms with Crippen LogP contribution in [0, 0.1) is 30.1 Å². The highest BCUT2D eigenvalue weighted by molar-refractivity contribution is 6.31. The Bertz CT molecular complexity index is 1020. The van der Waals surface area contributed by atoms with Crippen molar-refractivity contribution in [3.8, 4) is 0 Å². The minimum absolute atomic E-state index is 0.00729. The van der Waals surface area contributed by atoms with Crippen LogP contribution in [-0.4, -0.2) is 60.4 Å². The van der Waals surface area contributed by atoms with E-state index >= 15 is 0 Å². The molecule has 0 amide bonds. The number of ether oxygens (including phenoxy) is 1. The molecule has 1 aromatic carbocycles. The summed E-state index contributed by atoms with van der Waals surface area (Å²) in [4.78, 5) is 15.9. The molecule has 0 aromatic heterocycles. The number of nitrogens with zero attached hydrogens (tertiary/aromatic N) is 2. The maximum absolute atomic E-state index is 13.3. The number of esters is 1. The number of alkyl halides is 3. The smallest absolute Gasteiger partial charge is 0.417 e.